The molecule has 0 spiro atoms. The van der Waals surface area contributed by atoms with E-state index in [4.69, 9.17) is 15.1 Å². The molecule has 122 valence electrons. The van der Waals surface area contributed by atoms with Crippen molar-refractivity contribution in [2.75, 3.05) is 19.8 Å². The van der Waals surface area contributed by atoms with Crippen molar-refractivity contribution in [1.29, 1.82) is 5.26 Å². The molecule has 1 aromatic carbocycles. The van der Waals surface area contributed by atoms with E-state index in [1.807, 2.05) is 13.0 Å². The number of rotatable bonds is 6. The molecule has 0 heterocycles. The molecule has 0 unspecified atom stereocenters. The molecule has 0 saturated heterocycles. The van der Waals surface area contributed by atoms with Crippen molar-refractivity contribution < 1.29 is 19.4 Å². The number of aliphatic carboxylic acids is 1. The first-order valence-corrected chi connectivity index (χ1v) is 7.22. The van der Waals surface area contributed by atoms with E-state index in [9.17, 15) is 9.59 Å². The maximum absolute atomic E-state index is 12.1. The van der Waals surface area contributed by atoms with E-state index in [2.05, 4.69) is 0 Å². The summed E-state index contributed by atoms with van der Waals surface area (Å²) in [6, 6.07) is 8.68. The summed E-state index contributed by atoms with van der Waals surface area (Å²) in [6.45, 7) is 6.29. The van der Waals surface area contributed by atoms with Crippen LogP contribution in [0.3, 0.4) is 0 Å². The number of carbonyl (C=O) groups excluding carboxylic acids is 1. The molecule has 1 rings (SSSR count). The van der Waals surface area contributed by atoms with Crippen molar-refractivity contribution in [3.05, 3.63) is 41.0 Å². The Morgan fingerprint density at radius 3 is 2.30 bits per heavy atom. The number of carboxylic acid groups (broad SMARTS) is 1. The van der Waals surface area contributed by atoms with Gasteiger partial charge in [0.1, 0.15) is 0 Å². The zero-order chi connectivity index (χ0) is 17.4. The maximum Gasteiger partial charge on any atom is 0.394 e. The van der Waals surface area contributed by atoms with Gasteiger partial charge in [-0.25, -0.2) is 4.79 Å². The van der Waals surface area contributed by atoms with Gasteiger partial charge in [0.15, 0.2) is 0 Å². The summed E-state index contributed by atoms with van der Waals surface area (Å²) < 4.78 is 5.24. The van der Waals surface area contributed by atoms with E-state index in [1.165, 1.54) is 4.90 Å². The van der Waals surface area contributed by atoms with Crippen LogP contribution in [0.15, 0.2) is 29.8 Å². The van der Waals surface area contributed by atoms with Gasteiger partial charge >= 0.3 is 11.9 Å². The molecule has 1 amide bonds. The molecule has 1 aromatic rings. The molecule has 6 nitrogen and oxygen atoms in total. The van der Waals surface area contributed by atoms with Gasteiger partial charge in [-0.05, 0) is 38.5 Å². The van der Waals surface area contributed by atoms with Crippen LogP contribution in [0.5, 0.6) is 0 Å². The van der Waals surface area contributed by atoms with Crippen molar-refractivity contribution in [3.63, 3.8) is 0 Å². The lowest BCUT2D eigenvalue weighted by Gasteiger charge is -2.25. The van der Waals surface area contributed by atoms with Gasteiger partial charge in [0, 0.05) is 13.2 Å². The highest BCUT2D eigenvalue weighted by Crippen LogP contribution is 2.24. The first kappa shape index (κ1) is 18.4. The lowest BCUT2D eigenvalue weighted by Crippen LogP contribution is -2.38. The third-order valence-electron chi connectivity index (χ3n) is 3.12. The topological polar surface area (TPSA) is 90.6 Å². The summed E-state index contributed by atoms with van der Waals surface area (Å²) in [5, 5.41) is 17.9. The van der Waals surface area contributed by atoms with Gasteiger partial charge in [-0.15, -0.1) is 0 Å². The van der Waals surface area contributed by atoms with Gasteiger partial charge in [0.25, 0.3) is 0 Å². The summed E-state index contributed by atoms with van der Waals surface area (Å²) in [4.78, 5) is 24.4. The minimum absolute atomic E-state index is 0.138. The lowest BCUT2D eigenvalue weighted by atomic mass is 10.0. The normalized spacial score (nSPS) is 9.83. The molecule has 6 heteroatoms. The Morgan fingerprint density at radius 2 is 1.87 bits per heavy atom. The quantitative estimate of drug-likeness (QED) is 0.642. The second-order valence-electron chi connectivity index (χ2n) is 5.00. The van der Waals surface area contributed by atoms with Crippen LogP contribution in [0, 0.1) is 11.3 Å². The smallest absolute Gasteiger partial charge is 0.394 e. The van der Waals surface area contributed by atoms with E-state index < -0.39 is 11.9 Å². The van der Waals surface area contributed by atoms with E-state index >= 15 is 0 Å². The van der Waals surface area contributed by atoms with Crippen molar-refractivity contribution in [2.45, 2.75) is 20.8 Å². The number of nitriles is 1. The molecule has 1 N–H and O–H groups in total. The molecule has 0 aliphatic carbocycles. The zero-order valence-electron chi connectivity index (χ0n) is 13.5. The van der Waals surface area contributed by atoms with Crippen LogP contribution in [0.25, 0.3) is 5.70 Å². The summed E-state index contributed by atoms with van der Waals surface area (Å²) in [5.74, 6) is -2.53. The molecule has 23 heavy (non-hydrogen) atoms. The van der Waals surface area contributed by atoms with Gasteiger partial charge in [0.05, 0.1) is 23.9 Å². The molecule has 0 aromatic heterocycles. The van der Waals surface area contributed by atoms with E-state index in [1.54, 1.807) is 38.1 Å². The van der Waals surface area contributed by atoms with Crippen LogP contribution in [-0.4, -0.2) is 41.6 Å². The highest BCUT2D eigenvalue weighted by molar-refractivity contribution is 6.33. The Balaban J connectivity index is 3.24. The molecule has 0 atom stereocenters. The SMILES string of the molecule is CCOCCN(C(=O)C(=O)O)C(=C(C)C)c1ccc(C#N)cc1. The average molecular weight is 316 g/mol. The van der Waals surface area contributed by atoms with E-state index in [0.717, 1.165) is 5.57 Å². The number of benzene rings is 1. The van der Waals surface area contributed by atoms with Gasteiger partial charge < -0.3 is 9.84 Å². The number of allylic oxidation sites excluding steroid dienone is 1. The number of hydrogen-bond donors (Lipinski definition) is 1. The predicted molar refractivity (Wildman–Crippen MR) is 85.3 cm³/mol. The Bertz CT molecular complexity index is 638. The third-order valence-corrected chi connectivity index (χ3v) is 3.12. The van der Waals surface area contributed by atoms with Crippen LogP contribution in [0.2, 0.25) is 0 Å². The Labute approximate surface area is 135 Å². The molecule has 0 saturated carbocycles. The molecule has 0 bridgehead atoms. The number of amides is 1. The fraction of sp³-hybridized carbons (Fsp3) is 0.353. The average Bonchev–Trinajstić information content (AvgIpc) is 2.53. The highest BCUT2D eigenvalue weighted by atomic mass is 16.5. The van der Waals surface area contributed by atoms with Crippen LogP contribution < -0.4 is 0 Å². The molecular weight excluding hydrogens is 296 g/mol. The standard InChI is InChI=1S/C17H20N2O4/c1-4-23-10-9-19(16(20)17(21)22)15(12(2)3)14-7-5-13(11-18)6-8-14/h5-8H,4,9-10H2,1-3H3,(H,21,22). The van der Waals surface area contributed by atoms with Crippen molar-refractivity contribution in [3.8, 4) is 6.07 Å². The summed E-state index contributed by atoms with van der Waals surface area (Å²) in [5.41, 5.74) is 2.48. The second-order valence-corrected chi connectivity index (χ2v) is 5.00. The number of nitrogens with zero attached hydrogens (tertiary/aromatic N) is 2. The maximum atomic E-state index is 12.1. The Kier molecular flexibility index (Phi) is 6.97. The number of hydrogen-bond acceptors (Lipinski definition) is 4. The number of carboxylic acids is 1. The Hall–Kier alpha value is -2.65. The minimum Gasteiger partial charge on any atom is -0.474 e. The van der Waals surface area contributed by atoms with E-state index in [0.29, 0.717) is 23.4 Å². The van der Waals surface area contributed by atoms with Crippen LogP contribution in [-0.2, 0) is 14.3 Å². The number of ether oxygens (including phenoxy) is 1. The third kappa shape index (κ3) is 4.94. The largest absolute Gasteiger partial charge is 0.474 e. The van der Waals surface area contributed by atoms with Crippen LogP contribution >= 0.6 is 0 Å². The van der Waals surface area contributed by atoms with Crippen LogP contribution in [0.4, 0.5) is 0 Å². The van der Waals surface area contributed by atoms with Gasteiger partial charge in [-0.2, -0.15) is 5.26 Å². The predicted octanol–water partition coefficient (Wildman–Crippen LogP) is 2.26. The first-order chi connectivity index (χ1) is 10.9. The second kappa shape index (κ2) is 8.71. The highest BCUT2D eigenvalue weighted by Gasteiger charge is 2.25. The molecule has 0 fully saturated rings. The van der Waals surface area contributed by atoms with E-state index in [-0.39, 0.29) is 13.2 Å². The van der Waals surface area contributed by atoms with Crippen molar-refractivity contribution in [1.82, 2.24) is 4.90 Å². The van der Waals surface area contributed by atoms with Crippen LogP contribution in [0.1, 0.15) is 31.9 Å². The molecule has 0 radical (unpaired) electrons. The lowest BCUT2D eigenvalue weighted by molar-refractivity contribution is -0.154. The summed E-state index contributed by atoms with van der Waals surface area (Å²) in [7, 11) is 0. The monoisotopic (exact) mass is 316 g/mol. The molecule has 0 aliphatic heterocycles. The van der Waals surface area contributed by atoms with Gasteiger partial charge in [0.2, 0.25) is 0 Å². The van der Waals surface area contributed by atoms with Crippen molar-refractivity contribution >= 4 is 17.6 Å². The zero-order valence-corrected chi connectivity index (χ0v) is 13.5. The minimum atomic E-state index is -1.52. The van der Waals surface area contributed by atoms with Gasteiger partial charge in [-0.3, -0.25) is 9.69 Å². The fourth-order valence-corrected chi connectivity index (χ4v) is 2.15. The summed E-state index contributed by atoms with van der Waals surface area (Å²) in [6.07, 6.45) is 0. The van der Waals surface area contributed by atoms with Gasteiger partial charge in [-0.1, -0.05) is 17.7 Å². The summed E-state index contributed by atoms with van der Waals surface area (Å²) >= 11 is 0. The fourth-order valence-electron chi connectivity index (χ4n) is 2.15. The molecular formula is C17H20N2O4. The first-order valence-electron chi connectivity index (χ1n) is 7.22. The molecule has 0 aliphatic rings. The Morgan fingerprint density at radius 1 is 1.26 bits per heavy atom. The number of carbonyl (C=O) groups is 2. The van der Waals surface area contributed by atoms with Crippen molar-refractivity contribution in [2.24, 2.45) is 0 Å².